The van der Waals surface area contributed by atoms with Crippen LogP contribution in [0.4, 0.5) is 0 Å². The molecule has 2 rings (SSSR count). The molecule has 3 atom stereocenters. The van der Waals surface area contributed by atoms with Gasteiger partial charge in [0.15, 0.2) is 0 Å². The lowest BCUT2D eigenvalue weighted by atomic mass is 9.86. The zero-order chi connectivity index (χ0) is 13.2. The van der Waals surface area contributed by atoms with E-state index in [1.54, 1.807) is 0 Å². The summed E-state index contributed by atoms with van der Waals surface area (Å²) in [5.41, 5.74) is 0.466. The normalized spacial score (nSPS) is 31.7. The first-order valence-corrected chi connectivity index (χ1v) is 8.12. The Hall–Kier alpha value is -0.0800. The summed E-state index contributed by atoms with van der Waals surface area (Å²) in [6.07, 6.45) is 8.22. The van der Waals surface area contributed by atoms with Crippen molar-refractivity contribution in [2.45, 2.75) is 83.8 Å². The lowest BCUT2D eigenvalue weighted by molar-refractivity contribution is 0.0218. The lowest BCUT2D eigenvalue weighted by Crippen LogP contribution is -2.66. The maximum atomic E-state index is 3.93. The van der Waals surface area contributed by atoms with Crippen molar-refractivity contribution < 1.29 is 0 Å². The summed E-state index contributed by atoms with van der Waals surface area (Å²) in [4.78, 5) is 2.83. The number of nitrogens with one attached hydrogen (secondary N) is 1. The number of hydrogen-bond donors (Lipinski definition) is 1. The Labute approximate surface area is 114 Å². The van der Waals surface area contributed by atoms with E-state index in [1.807, 2.05) is 0 Å². The summed E-state index contributed by atoms with van der Waals surface area (Å²) in [6.45, 7) is 12.0. The summed E-state index contributed by atoms with van der Waals surface area (Å²) in [5, 5.41) is 3.93. The smallest absolute Gasteiger partial charge is 0.0309 e. The van der Waals surface area contributed by atoms with Gasteiger partial charge in [0, 0.05) is 30.7 Å². The number of piperazine rings is 1. The van der Waals surface area contributed by atoms with E-state index in [0.717, 1.165) is 18.0 Å². The highest BCUT2D eigenvalue weighted by molar-refractivity contribution is 5.02. The molecule has 1 N–H and O–H groups in total. The van der Waals surface area contributed by atoms with Crippen molar-refractivity contribution in [2.24, 2.45) is 5.92 Å². The van der Waals surface area contributed by atoms with E-state index >= 15 is 0 Å². The Morgan fingerprint density at radius 2 is 1.83 bits per heavy atom. The predicted octanol–water partition coefficient (Wildman–Crippen LogP) is 3.42. The van der Waals surface area contributed by atoms with Crippen molar-refractivity contribution in [1.29, 1.82) is 0 Å². The second kappa shape index (κ2) is 5.92. The molecule has 1 spiro atoms. The Balaban J connectivity index is 2.09. The fourth-order valence-corrected chi connectivity index (χ4v) is 3.86. The summed E-state index contributed by atoms with van der Waals surface area (Å²) in [7, 11) is 0. The van der Waals surface area contributed by atoms with E-state index in [-0.39, 0.29) is 0 Å². The number of rotatable bonds is 4. The number of hydrogen-bond acceptors (Lipinski definition) is 2. The fourth-order valence-electron chi connectivity index (χ4n) is 3.86. The van der Waals surface area contributed by atoms with E-state index in [4.69, 9.17) is 0 Å². The molecule has 1 heterocycles. The molecule has 1 aliphatic heterocycles. The molecule has 0 bridgehead atoms. The second-order valence-corrected chi connectivity index (χ2v) is 6.75. The summed E-state index contributed by atoms with van der Waals surface area (Å²) < 4.78 is 0. The van der Waals surface area contributed by atoms with Crippen LogP contribution in [0.1, 0.15) is 66.2 Å². The molecule has 0 radical (unpaired) electrons. The highest BCUT2D eigenvalue weighted by Gasteiger charge is 2.43. The molecule has 0 amide bonds. The highest BCUT2D eigenvalue weighted by atomic mass is 15.3. The van der Waals surface area contributed by atoms with Crippen LogP contribution in [-0.4, -0.2) is 35.6 Å². The summed E-state index contributed by atoms with van der Waals surface area (Å²) >= 11 is 0. The van der Waals surface area contributed by atoms with Crippen molar-refractivity contribution in [1.82, 2.24) is 10.2 Å². The van der Waals surface area contributed by atoms with Crippen LogP contribution in [-0.2, 0) is 0 Å². The topological polar surface area (TPSA) is 15.3 Å². The van der Waals surface area contributed by atoms with Crippen LogP contribution in [0.5, 0.6) is 0 Å². The van der Waals surface area contributed by atoms with Gasteiger partial charge in [-0.1, -0.05) is 40.0 Å². The van der Waals surface area contributed by atoms with Gasteiger partial charge >= 0.3 is 0 Å². The number of nitrogens with zero attached hydrogens (tertiary/aromatic N) is 1. The molecular weight excluding hydrogens is 220 g/mol. The molecule has 0 aromatic rings. The molecule has 106 valence electrons. The van der Waals surface area contributed by atoms with Crippen molar-refractivity contribution in [2.75, 3.05) is 13.1 Å². The monoisotopic (exact) mass is 252 g/mol. The van der Waals surface area contributed by atoms with Crippen LogP contribution in [0.15, 0.2) is 0 Å². The van der Waals surface area contributed by atoms with Crippen LogP contribution < -0.4 is 5.32 Å². The Bertz CT molecular complexity index is 258. The van der Waals surface area contributed by atoms with Gasteiger partial charge in [-0.3, -0.25) is 4.90 Å². The Morgan fingerprint density at radius 1 is 1.17 bits per heavy atom. The average molecular weight is 252 g/mol. The van der Waals surface area contributed by atoms with Crippen LogP contribution in [0.2, 0.25) is 0 Å². The second-order valence-electron chi connectivity index (χ2n) is 6.75. The van der Waals surface area contributed by atoms with E-state index in [0.29, 0.717) is 5.54 Å². The minimum absolute atomic E-state index is 0.466. The van der Waals surface area contributed by atoms with Gasteiger partial charge in [0.2, 0.25) is 0 Å². The van der Waals surface area contributed by atoms with Gasteiger partial charge in [-0.05, 0) is 32.1 Å². The molecule has 3 unspecified atom stereocenters. The molecule has 2 aliphatic rings. The third-order valence-corrected chi connectivity index (χ3v) is 5.62. The quantitative estimate of drug-likeness (QED) is 0.825. The van der Waals surface area contributed by atoms with E-state index < -0.39 is 0 Å². The molecule has 2 heteroatoms. The maximum Gasteiger partial charge on any atom is 0.0309 e. The summed E-state index contributed by atoms with van der Waals surface area (Å²) in [6, 6.07) is 1.49. The SMILES string of the molecule is CCC(C)C1CNC2(CCCC2)CN1C(C)CC. The Morgan fingerprint density at radius 3 is 2.39 bits per heavy atom. The van der Waals surface area contributed by atoms with Crippen molar-refractivity contribution in [3.05, 3.63) is 0 Å². The van der Waals surface area contributed by atoms with Gasteiger partial charge in [0.05, 0.1) is 0 Å². The largest absolute Gasteiger partial charge is 0.308 e. The van der Waals surface area contributed by atoms with Crippen LogP contribution in [0.25, 0.3) is 0 Å². The van der Waals surface area contributed by atoms with Gasteiger partial charge in [-0.25, -0.2) is 0 Å². The van der Waals surface area contributed by atoms with Crippen molar-refractivity contribution >= 4 is 0 Å². The molecule has 1 saturated heterocycles. The molecule has 1 saturated carbocycles. The van der Waals surface area contributed by atoms with Gasteiger partial charge in [0.25, 0.3) is 0 Å². The maximum absolute atomic E-state index is 3.93. The van der Waals surface area contributed by atoms with Crippen LogP contribution in [0, 0.1) is 5.92 Å². The minimum Gasteiger partial charge on any atom is -0.308 e. The minimum atomic E-state index is 0.466. The molecule has 18 heavy (non-hydrogen) atoms. The summed E-state index contributed by atoms with van der Waals surface area (Å²) in [5.74, 6) is 0.810. The molecule has 0 aromatic heterocycles. The first-order valence-electron chi connectivity index (χ1n) is 8.12. The van der Waals surface area contributed by atoms with Gasteiger partial charge < -0.3 is 5.32 Å². The fraction of sp³-hybridized carbons (Fsp3) is 1.00. The lowest BCUT2D eigenvalue weighted by Gasteiger charge is -2.50. The van der Waals surface area contributed by atoms with E-state index in [9.17, 15) is 0 Å². The van der Waals surface area contributed by atoms with Gasteiger partial charge in [-0.2, -0.15) is 0 Å². The zero-order valence-electron chi connectivity index (χ0n) is 12.8. The average Bonchev–Trinajstić information content (AvgIpc) is 2.85. The zero-order valence-corrected chi connectivity index (χ0v) is 12.8. The molecule has 0 aromatic carbocycles. The van der Waals surface area contributed by atoms with Crippen LogP contribution >= 0.6 is 0 Å². The molecule has 2 fully saturated rings. The molecule has 1 aliphatic carbocycles. The van der Waals surface area contributed by atoms with Gasteiger partial charge in [-0.15, -0.1) is 0 Å². The molecular formula is C16H32N2. The third-order valence-electron chi connectivity index (χ3n) is 5.62. The van der Waals surface area contributed by atoms with Crippen molar-refractivity contribution in [3.8, 4) is 0 Å². The van der Waals surface area contributed by atoms with E-state index in [2.05, 4.69) is 37.9 Å². The predicted molar refractivity (Wildman–Crippen MR) is 78.9 cm³/mol. The standard InChI is InChI=1S/C16H32N2/c1-5-13(3)15-11-17-16(9-7-8-10-16)12-18(15)14(4)6-2/h13-15,17H,5-12H2,1-4H3. The third kappa shape index (κ3) is 2.75. The molecule has 2 nitrogen and oxygen atoms in total. The first-order chi connectivity index (χ1) is 8.62. The van der Waals surface area contributed by atoms with Gasteiger partial charge in [0.1, 0.15) is 0 Å². The first kappa shape index (κ1) is 14.3. The van der Waals surface area contributed by atoms with E-state index in [1.165, 1.54) is 51.6 Å². The van der Waals surface area contributed by atoms with Crippen molar-refractivity contribution in [3.63, 3.8) is 0 Å². The van der Waals surface area contributed by atoms with Crippen LogP contribution in [0.3, 0.4) is 0 Å². The highest BCUT2D eigenvalue weighted by Crippen LogP contribution is 2.35. The Kier molecular flexibility index (Phi) is 4.71.